The predicted molar refractivity (Wildman–Crippen MR) is 64.5 cm³/mol. The Hall–Kier alpha value is -1.30. The second-order valence-corrected chi connectivity index (χ2v) is 4.20. The molecule has 94 valence electrons. The third-order valence-corrected chi connectivity index (χ3v) is 2.47. The average molecular weight is 238 g/mol. The normalized spacial score (nSPS) is 17.8. The fraction of sp³-hybridized carbons (Fsp3) is 0.500. The van der Waals surface area contributed by atoms with E-state index in [1.165, 1.54) is 0 Å². The zero-order chi connectivity index (χ0) is 12.7. The number of pyridine rings is 1. The third kappa shape index (κ3) is 5.53. The van der Waals surface area contributed by atoms with Gasteiger partial charge in [0.2, 0.25) is 0 Å². The Kier molecular flexibility index (Phi) is 5.21. The lowest BCUT2D eigenvalue weighted by atomic mass is 10.2. The number of aryl methyl sites for hydroxylation is 1. The van der Waals surface area contributed by atoms with Crippen molar-refractivity contribution in [2.75, 3.05) is 33.4 Å². The molecule has 1 fully saturated rings. The van der Waals surface area contributed by atoms with Gasteiger partial charge in [0, 0.05) is 17.5 Å². The van der Waals surface area contributed by atoms with E-state index in [9.17, 15) is 10.0 Å². The number of nitrogens with zero attached hydrogens (tertiary/aromatic N) is 2. The summed E-state index contributed by atoms with van der Waals surface area (Å²) < 4.78 is 4.86. The van der Waals surface area contributed by atoms with Gasteiger partial charge in [-0.2, -0.15) is 0 Å². The molecule has 0 bridgehead atoms. The number of hydroxylamine groups is 3. The highest BCUT2D eigenvalue weighted by atomic mass is 16.6. The number of rotatable bonds is 1. The van der Waals surface area contributed by atoms with Crippen molar-refractivity contribution in [2.45, 2.75) is 6.92 Å². The van der Waals surface area contributed by atoms with Crippen LogP contribution in [0.25, 0.3) is 0 Å². The topological polar surface area (TPSA) is 62.2 Å². The second kappa shape index (κ2) is 6.44. The molecule has 0 spiro atoms. The molecule has 1 aromatic heterocycles. The summed E-state index contributed by atoms with van der Waals surface area (Å²) in [5, 5.41) is 11.0. The maximum Gasteiger partial charge on any atom is 0.150 e. The standard InChI is InChI=1S/C7H7NO.C5H11NO2/c1-6-4-7(5-9)2-3-8-6;1-6(7)2-4-8-5-3-6/h2-5H,1H3;2-5H2,1H3. The van der Waals surface area contributed by atoms with Gasteiger partial charge in [-0.05, 0) is 19.1 Å². The summed E-state index contributed by atoms with van der Waals surface area (Å²) in [6.45, 7) is 4.33. The molecule has 2 heterocycles. The van der Waals surface area contributed by atoms with Gasteiger partial charge in [0.05, 0.1) is 20.3 Å². The number of aldehydes is 1. The van der Waals surface area contributed by atoms with Crippen LogP contribution >= 0.6 is 0 Å². The van der Waals surface area contributed by atoms with Crippen LogP contribution in [0.5, 0.6) is 0 Å². The lowest BCUT2D eigenvalue weighted by Crippen LogP contribution is -2.46. The molecule has 1 aliphatic heterocycles. The molecule has 0 aliphatic carbocycles. The molecule has 0 aromatic carbocycles. The molecule has 0 saturated carbocycles. The van der Waals surface area contributed by atoms with Crippen LogP contribution in [0.3, 0.4) is 0 Å². The van der Waals surface area contributed by atoms with Crippen LogP contribution in [0.2, 0.25) is 0 Å². The predicted octanol–water partition coefficient (Wildman–Crippen LogP) is 1.16. The van der Waals surface area contributed by atoms with Gasteiger partial charge in [0.25, 0.3) is 0 Å². The van der Waals surface area contributed by atoms with Crippen molar-refractivity contribution in [1.82, 2.24) is 4.98 Å². The minimum absolute atomic E-state index is 0.125. The summed E-state index contributed by atoms with van der Waals surface area (Å²) in [7, 11) is 1.68. The summed E-state index contributed by atoms with van der Waals surface area (Å²) in [4.78, 5) is 14.1. The Bertz CT molecular complexity index is 359. The first-order valence-corrected chi connectivity index (χ1v) is 5.55. The summed E-state index contributed by atoms with van der Waals surface area (Å²) >= 11 is 0. The van der Waals surface area contributed by atoms with Crippen LogP contribution in [-0.4, -0.2) is 49.3 Å². The van der Waals surface area contributed by atoms with Gasteiger partial charge < -0.3 is 14.6 Å². The van der Waals surface area contributed by atoms with Crippen molar-refractivity contribution >= 4 is 6.29 Å². The highest BCUT2D eigenvalue weighted by Crippen LogP contribution is 2.02. The first-order valence-electron chi connectivity index (χ1n) is 5.55. The van der Waals surface area contributed by atoms with E-state index in [-0.39, 0.29) is 4.65 Å². The van der Waals surface area contributed by atoms with Gasteiger partial charge in [-0.1, -0.05) is 0 Å². The minimum Gasteiger partial charge on any atom is -0.633 e. The molecule has 1 saturated heterocycles. The van der Waals surface area contributed by atoms with Crippen molar-refractivity contribution in [3.05, 3.63) is 34.8 Å². The number of hydrogen-bond donors (Lipinski definition) is 0. The molecule has 0 atom stereocenters. The molecule has 0 unspecified atom stereocenters. The van der Waals surface area contributed by atoms with Crippen LogP contribution in [0.4, 0.5) is 0 Å². The van der Waals surface area contributed by atoms with Crippen molar-refractivity contribution in [3.8, 4) is 0 Å². The molecule has 0 radical (unpaired) electrons. The monoisotopic (exact) mass is 238 g/mol. The van der Waals surface area contributed by atoms with Gasteiger partial charge in [-0.3, -0.25) is 9.78 Å². The van der Waals surface area contributed by atoms with E-state index in [2.05, 4.69) is 4.98 Å². The van der Waals surface area contributed by atoms with Crippen molar-refractivity contribution < 1.29 is 14.2 Å². The summed E-state index contributed by atoms with van der Waals surface area (Å²) in [5.74, 6) is 0. The molecule has 5 heteroatoms. The van der Waals surface area contributed by atoms with Gasteiger partial charge >= 0.3 is 0 Å². The summed E-state index contributed by atoms with van der Waals surface area (Å²) in [6, 6.07) is 3.42. The maximum absolute atomic E-state index is 11.0. The number of ether oxygens (including phenoxy) is 1. The number of morpholine rings is 1. The zero-order valence-electron chi connectivity index (χ0n) is 10.3. The summed E-state index contributed by atoms with van der Waals surface area (Å²) in [6.07, 6.45) is 2.44. The number of quaternary nitrogens is 1. The third-order valence-electron chi connectivity index (χ3n) is 2.47. The molecular formula is C12H18N2O3. The molecule has 0 amide bonds. The van der Waals surface area contributed by atoms with Crippen molar-refractivity contribution in [3.63, 3.8) is 0 Å². The first kappa shape index (κ1) is 13.8. The molecule has 2 rings (SSSR count). The fourth-order valence-corrected chi connectivity index (χ4v) is 1.37. The van der Waals surface area contributed by atoms with Crippen molar-refractivity contribution in [2.24, 2.45) is 0 Å². The Morgan fingerprint density at radius 2 is 2.12 bits per heavy atom. The van der Waals surface area contributed by atoms with Gasteiger partial charge in [0.15, 0.2) is 0 Å². The second-order valence-electron chi connectivity index (χ2n) is 4.20. The van der Waals surface area contributed by atoms with Crippen LogP contribution in [0.15, 0.2) is 18.3 Å². The Morgan fingerprint density at radius 1 is 1.47 bits per heavy atom. The first-order chi connectivity index (χ1) is 8.03. The quantitative estimate of drug-likeness (QED) is 0.418. The maximum atomic E-state index is 11.0. The number of carbonyl (C=O) groups excluding carboxylic acids is 1. The van der Waals surface area contributed by atoms with E-state index in [4.69, 9.17) is 4.74 Å². The van der Waals surface area contributed by atoms with Crippen LogP contribution in [-0.2, 0) is 4.74 Å². The highest BCUT2D eigenvalue weighted by molar-refractivity contribution is 5.74. The largest absolute Gasteiger partial charge is 0.633 e. The SMILES string of the molecule is C[N+]1([O-])CCOCC1.Cc1cc(C=O)ccn1. The molecule has 17 heavy (non-hydrogen) atoms. The van der Waals surface area contributed by atoms with E-state index < -0.39 is 0 Å². The highest BCUT2D eigenvalue weighted by Gasteiger charge is 2.13. The number of likely N-dealkylation sites (N-methyl/N-ethyl adjacent to an activating group) is 1. The number of aromatic nitrogens is 1. The van der Waals surface area contributed by atoms with E-state index >= 15 is 0 Å². The van der Waals surface area contributed by atoms with Crippen LogP contribution < -0.4 is 0 Å². The molecule has 0 N–H and O–H groups in total. The van der Waals surface area contributed by atoms with E-state index in [1.807, 2.05) is 6.92 Å². The van der Waals surface area contributed by atoms with Gasteiger partial charge in [-0.25, -0.2) is 0 Å². The van der Waals surface area contributed by atoms with Gasteiger partial charge in [0.1, 0.15) is 19.4 Å². The Balaban J connectivity index is 0.000000171. The number of hydrogen-bond acceptors (Lipinski definition) is 4. The lowest BCUT2D eigenvalue weighted by molar-refractivity contribution is -0.869. The smallest absolute Gasteiger partial charge is 0.150 e. The van der Waals surface area contributed by atoms with E-state index in [0.29, 0.717) is 31.9 Å². The Morgan fingerprint density at radius 3 is 2.47 bits per heavy atom. The summed E-state index contributed by atoms with van der Waals surface area (Å²) in [5.41, 5.74) is 1.56. The Labute approximate surface area is 101 Å². The van der Waals surface area contributed by atoms with E-state index in [0.717, 1.165) is 12.0 Å². The van der Waals surface area contributed by atoms with E-state index in [1.54, 1.807) is 25.4 Å². The van der Waals surface area contributed by atoms with Gasteiger partial charge in [-0.15, -0.1) is 0 Å². The molecule has 1 aliphatic rings. The van der Waals surface area contributed by atoms with Crippen molar-refractivity contribution in [1.29, 1.82) is 0 Å². The molecule has 1 aromatic rings. The lowest BCUT2D eigenvalue weighted by Gasteiger charge is -2.41. The zero-order valence-corrected chi connectivity index (χ0v) is 10.3. The average Bonchev–Trinajstić information content (AvgIpc) is 2.29. The van der Waals surface area contributed by atoms with Crippen LogP contribution in [0.1, 0.15) is 16.1 Å². The minimum atomic E-state index is -0.125. The fourth-order valence-electron chi connectivity index (χ4n) is 1.37. The van der Waals surface area contributed by atoms with Crippen LogP contribution in [0, 0.1) is 12.1 Å². The molecule has 5 nitrogen and oxygen atoms in total. The number of carbonyl (C=O) groups is 1. The molecular weight excluding hydrogens is 220 g/mol.